The first-order chi connectivity index (χ1) is 12.6. The van der Waals surface area contributed by atoms with E-state index in [0.29, 0.717) is 25.3 Å². The summed E-state index contributed by atoms with van der Waals surface area (Å²) in [5.74, 6) is 0.545. The van der Waals surface area contributed by atoms with Gasteiger partial charge in [-0.25, -0.2) is 14.4 Å². The molecule has 2 atom stereocenters. The van der Waals surface area contributed by atoms with Crippen molar-refractivity contribution < 1.29 is 9.18 Å². The molecule has 0 spiro atoms. The number of nitrogens with two attached hydrogens (primary N) is 1. The van der Waals surface area contributed by atoms with Crippen LogP contribution in [-0.2, 0) is 11.2 Å². The van der Waals surface area contributed by atoms with Crippen molar-refractivity contribution in [1.29, 1.82) is 0 Å². The molecule has 26 heavy (non-hydrogen) atoms. The molecule has 0 unspecified atom stereocenters. The van der Waals surface area contributed by atoms with E-state index in [1.165, 1.54) is 12.1 Å². The lowest BCUT2D eigenvalue weighted by atomic mass is 10.0. The topological polar surface area (TPSA) is 76.5 Å². The lowest BCUT2D eigenvalue weighted by Gasteiger charge is -2.21. The van der Waals surface area contributed by atoms with Gasteiger partial charge in [-0.2, -0.15) is 0 Å². The monoisotopic (exact) mass is 353 g/mol. The van der Waals surface area contributed by atoms with E-state index < -0.39 is 6.04 Å². The van der Waals surface area contributed by atoms with Crippen molar-refractivity contribution in [3.63, 3.8) is 0 Å². The summed E-state index contributed by atoms with van der Waals surface area (Å²) >= 11 is 0. The molecule has 7 heteroatoms. The predicted octanol–water partition coefficient (Wildman–Crippen LogP) is 1.75. The van der Waals surface area contributed by atoms with Gasteiger partial charge in [-0.05, 0) is 36.6 Å². The smallest absolute Gasteiger partial charge is 0.239 e. The van der Waals surface area contributed by atoms with Gasteiger partial charge in [-0.3, -0.25) is 9.20 Å². The molecule has 0 saturated carbocycles. The summed E-state index contributed by atoms with van der Waals surface area (Å²) < 4.78 is 15.0. The van der Waals surface area contributed by atoms with Crippen LogP contribution in [0.15, 0.2) is 48.9 Å². The summed E-state index contributed by atoms with van der Waals surface area (Å²) in [5.41, 5.74) is 8.08. The van der Waals surface area contributed by atoms with Gasteiger partial charge in [0.1, 0.15) is 5.82 Å². The number of rotatable bonds is 4. The quantitative estimate of drug-likeness (QED) is 0.775. The predicted molar refractivity (Wildman–Crippen MR) is 95.0 cm³/mol. The highest BCUT2D eigenvalue weighted by atomic mass is 19.1. The molecule has 1 aliphatic heterocycles. The Bertz CT molecular complexity index is 923. The summed E-state index contributed by atoms with van der Waals surface area (Å²) in [6.45, 7) is 1.31. The van der Waals surface area contributed by atoms with Gasteiger partial charge in [0.15, 0.2) is 0 Å². The lowest BCUT2D eigenvalue weighted by molar-refractivity contribution is -0.131. The Balaban J connectivity index is 1.43. The summed E-state index contributed by atoms with van der Waals surface area (Å²) in [7, 11) is 0. The van der Waals surface area contributed by atoms with Crippen molar-refractivity contribution in [2.75, 3.05) is 13.1 Å². The van der Waals surface area contributed by atoms with Gasteiger partial charge in [0, 0.05) is 43.3 Å². The number of likely N-dealkylation sites (tertiary alicyclic amines) is 1. The highest BCUT2D eigenvalue weighted by Gasteiger charge is 2.31. The van der Waals surface area contributed by atoms with Gasteiger partial charge in [0.05, 0.1) is 6.04 Å². The molecule has 0 bridgehead atoms. The third-order valence-corrected chi connectivity index (χ3v) is 4.94. The molecule has 3 heterocycles. The maximum atomic E-state index is 13.0. The maximum absolute atomic E-state index is 13.0. The summed E-state index contributed by atoms with van der Waals surface area (Å²) in [5, 5.41) is 0. The highest BCUT2D eigenvalue weighted by Crippen LogP contribution is 2.27. The number of nitrogens with zero attached hydrogens (tertiary/aromatic N) is 4. The number of hydrogen-bond donors (Lipinski definition) is 1. The first-order valence-electron chi connectivity index (χ1n) is 8.68. The number of benzene rings is 1. The van der Waals surface area contributed by atoms with E-state index in [-0.39, 0.29) is 17.6 Å². The summed E-state index contributed by atoms with van der Waals surface area (Å²) in [6, 6.07) is 7.47. The van der Waals surface area contributed by atoms with E-state index in [1.54, 1.807) is 24.5 Å². The number of carbonyl (C=O) groups is 1. The molecule has 1 saturated heterocycles. The fourth-order valence-electron chi connectivity index (χ4n) is 3.58. The Kier molecular flexibility index (Phi) is 4.38. The van der Waals surface area contributed by atoms with Gasteiger partial charge < -0.3 is 10.6 Å². The van der Waals surface area contributed by atoms with E-state index in [0.717, 1.165) is 17.7 Å². The molecule has 1 fully saturated rings. The van der Waals surface area contributed by atoms with Crippen molar-refractivity contribution in [3.8, 4) is 0 Å². The highest BCUT2D eigenvalue weighted by molar-refractivity contribution is 5.82. The molecule has 1 amide bonds. The van der Waals surface area contributed by atoms with Crippen LogP contribution in [0.25, 0.3) is 5.78 Å². The molecule has 4 rings (SSSR count). The molecule has 1 aromatic carbocycles. The number of aromatic nitrogens is 3. The Morgan fingerprint density at radius 2 is 2.00 bits per heavy atom. The van der Waals surface area contributed by atoms with Crippen molar-refractivity contribution in [2.45, 2.75) is 24.8 Å². The molecule has 1 aliphatic rings. The van der Waals surface area contributed by atoms with Crippen LogP contribution in [0.1, 0.15) is 23.6 Å². The molecule has 2 aromatic heterocycles. The number of carbonyl (C=O) groups excluding carboxylic acids is 1. The van der Waals surface area contributed by atoms with E-state index >= 15 is 0 Å². The van der Waals surface area contributed by atoms with Crippen LogP contribution in [0, 0.1) is 5.82 Å². The minimum Gasteiger partial charge on any atom is -0.341 e. The fourth-order valence-corrected chi connectivity index (χ4v) is 3.58. The zero-order valence-corrected chi connectivity index (χ0v) is 14.3. The molecule has 0 radical (unpaired) electrons. The van der Waals surface area contributed by atoms with Crippen LogP contribution in [-0.4, -0.2) is 44.3 Å². The summed E-state index contributed by atoms with van der Waals surface area (Å²) in [4.78, 5) is 23.0. The average molecular weight is 353 g/mol. The summed E-state index contributed by atoms with van der Waals surface area (Å²) in [6.07, 6.45) is 6.65. The van der Waals surface area contributed by atoms with Gasteiger partial charge in [0.25, 0.3) is 0 Å². The van der Waals surface area contributed by atoms with E-state index in [4.69, 9.17) is 5.73 Å². The van der Waals surface area contributed by atoms with Crippen molar-refractivity contribution in [3.05, 3.63) is 66.0 Å². The molecule has 2 N–H and O–H groups in total. The minimum absolute atomic E-state index is 0.0623. The number of amides is 1. The fraction of sp³-hybridized carbons (Fsp3) is 0.316. The third kappa shape index (κ3) is 3.17. The second-order valence-electron chi connectivity index (χ2n) is 6.67. The minimum atomic E-state index is -0.620. The average Bonchev–Trinajstić information content (AvgIpc) is 3.32. The Morgan fingerprint density at radius 3 is 2.81 bits per heavy atom. The number of hydrogen-bond acceptors (Lipinski definition) is 4. The molecule has 6 nitrogen and oxygen atoms in total. The van der Waals surface area contributed by atoms with Crippen LogP contribution < -0.4 is 5.73 Å². The van der Waals surface area contributed by atoms with Crippen molar-refractivity contribution in [1.82, 2.24) is 19.3 Å². The maximum Gasteiger partial charge on any atom is 0.239 e. The Hall–Kier alpha value is -2.80. The third-order valence-electron chi connectivity index (χ3n) is 4.94. The standard InChI is InChI=1S/C19H20FN5O/c20-15-3-1-13(2-4-15)11-16(21)18(26)24-9-6-14(12-24)17-5-7-22-19-23-8-10-25(17)19/h1-5,7-8,10,14,16H,6,9,11-12,21H2/t14-,16+/m1/s1. The number of fused-ring (bicyclic) bond motifs is 1. The normalized spacial score (nSPS) is 18.4. The first kappa shape index (κ1) is 16.7. The van der Waals surface area contributed by atoms with Crippen LogP contribution >= 0.6 is 0 Å². The zero-order chi connectivity index (χ0) is 18.1. The second kappa shape index (κ2) is 6.84. The van der Waals surface area contributed by atoms with Crippen LogP contribution in [0.2, 0.25) is 0 Å². The van der Waals surface area contributed by atoms with Gasteiger partial charge in [-0.1, -0.05) is 12.1 Å². The van der Waals surface area contributed by atoms with Crippen molar-refractivity contribution >= 4 is 11.7 Å². The van der Waals surface area contributed by atoms with Gasteiger partial charge in [0.2, 0.25) is 11.7 Å². The van der Waals surface area contributed by atoms with Crippen molar-refractivity contribution in [2.24, 2.45) is 5.73 Å². The Morgan fingerprint density at radius 1 is 1.23 bits per heavy atom. The largest absolute Gasteiger partial charge is 0.341 e. The van der Waals surface area contributed by atoms with E-state index in [9.17, 15) is 9.18 Å². The second-order valence-corrected chi connectivity index (χ2v) is 6.67. The van der Waals surface area contributed by atoms with E-state index in [2.05, 4.69) is 9.97 Å². The van der Waals surface area contributed by atoms with Crippen LogP contribution in [0.3, 0.4) is 0 Å². The molecular formula is C19H20FN5O. The SMILES string of the molecule is N[C@@H](Cc1ccc(F)cc1)C(=O)N1CC[C@@H](c2ccnc3nccn23)C1. The first-order valence-corrected chi connectivity index (χ1v) is 8.68. The molecule has 0 aliphatic carbocycles. The van der Waals surface area contributed by atoms with E-state index in [1.807, 2.05) is 21.6 Å². The molecule has 3 aromatic rings. The Labute approximate surface area is 150 Å². The van der Waals surface area contributed by atoms with Gasteiger partial charge >= 0.3 is 0 Å². The number of imidazole rings is 1. The zero-order valence-electron chi connectivity index (χ0n) is 14.3. The number of halogens is 1. The molecular weight excluding hydrogens is 333 g/mol. The van der Waals surface area contributed by atoms with Crippen LogP contribution in [0.4, 0.5) is 4.39 Å². The molecule has 134 valence electrons. The van der Waals surface area contributed by atoms with Crippen LogP contribution in [0.5, 0.6) is 0 Å². The lowest BCUT2D eigenvalue weighted by Crippen LogP contribution is -2.43. The van der Waals surface area contributed by atoms with Gasteiger partial charge in [-0.15, -0.1) is 0 Å².